The van der Waals surface area contributed by atoms with E-state index in [4.69, 9.17) is 5.26 Å². The van der Waals surface area contributed by atoms with E-state index >= 15 is 0 Å². The van der Waals surface area contributed by atoms with Gasteiger partial charge < -0.3 is 9.88 Å². The highest BCUT2D eigenvalue weighted by molar-refractivity contribution is 5.77. The van der Waals surface area contributed by atoms with E-state index in [1.807, 2.05) is 30.3 Å². The van der Waals surface area contributed by atoms with E-state index in [0.717, 1.165) is 34.6 Å². The number of aromatic nitrogens is 1. The lowest BCUT2D eigenvalue weighted by atomic mass is 10.0. The van der Waals surface area contributed by atoms with E-state index in [-0.39, 0.29) is 11.9 Å². The van der Waals surface area contributed by atoms with Crippen LogP contribution < -0.4 is 5.32 Å². The molecule has 1 amide bonds. The van der Waals surface area contributed by atoms with Crippen LogP contribution in [0, 0.1) is 25.2 Å². The number of hydrogen-bond acceptors (Lipinski definition) is 2. The van der Waals surface area contributed by atoms with Crippen molar-refractivity contribution in [2.75, 3.05) is 0 Å². The van der Waals surface area contributed by atoms with Gasteiger partial charge in [-0.3, -0.25) is 4.79 Å². The van der Waals surface area contributed by atoms with Crippen LogP contribution >= 0.6 is 0 Å². The number of carbonyl (C=O) groups is 1. The standard InChI is InChI=1S/C32H33N3O/c1-4-30(26-8-6-5-7-9-26)34-32(36)19-16-28-15-18-31(29-17-10-23(2)22-24(29)3)35(28)27-13-11-25(12-14-27)20-21-33/h5-15,17-18,22,30H,4,16,19-20H2,1-3H3,(H,34,36)/t30-/m0/s1. The molecular formula is C32H33N3O. The zero-order chi connectivity index (χ0) is 25.5. The van der Waals surface area contributed by atoms with E-state index in [1.165, 1.54) is 16.7 Å². The van der Waals surface area contributed by atoms with Gasteiger partial charge in [-0.25, -0.2) is 0 Å². The number of nitriles is 1. The molecule has 0 saturated carbocycles. The van der Waals surface area contributed by atoms with Crippen molar-refractivity contribution < 1.29 is 4.79 Å². The minimum absolute atomic E-state index is 0.0175. The zero-order valence-electron chi connectivity index (χ0n) is 21.3. The predicted molar refractivity (Wildman–Crippen MR) is 146 cm³/mol. The lowest BCUT2D eigenvalue weighted by molar-refractivity contribution is -0.121. The van der Waals surface area contributed by atoms with Crippen molar-refractivity contribution in [3.63, 3.8) is 0 Å². The van der Waals surface area contributed by atoms with Gasteiger partial charge in [0.25, 0.3) is 0 Å². The molecule has 182 valence electrons. The molecule has 1 N–H and O–H groups in total. The Morgan fingerprint density at radius 2 is 1.72 bits per heavy atom. The summed E-state index contributed by atoms with van der Waals surface area (Å²) in [5.41, 5.74) is 8.97. The molecule has 0 bridgehead atoms. The predicted octanol–water partition coefficient (Wildman–Crippen LogP) is 7.03. The number of aryl methyl sites for hydroxylation is 3. The maximum absolute atomic E-state index is 12.9. The first kappa shape index (κ1) is 25.0. The van der Waals surface area contributed by atoms with Crippen LogP contribution in [0.25, 0.3) is 16.9 Å². The number of carbonyl (C=O) groups excluding carboxylic acids is 1. The Hall–Kier alpha value is -4.10. The van der Waals surface area contributed by atoms with Gasteiger partial charge in [0.2, 0.25) is 5.91 Å². The lowest BCUT2D eigenvalue weighted by Crippen LogP contribution is -2.28. The fraction of sp³-hybridized carbons (Fsp3) is 0.250. The molecule has 1 aromatic heterocycles. The molecule has 4 nitrogen and oxygen atoms in total. The highest BCUT2D eigenvalue weighted by Crippen LogP contribution is 2.30. The summed E-state index contributed by atoms with van der Waals surface area (Å²) in [6, 6.07) is 31.3. The second kappa shape index (κ2) is 11.6. The normalized spacial score (nSPS) is 11.6. The second-order valence-electron chi connectivity index (χ2n) is 9.30. The minimum atomic E-state index is 0.0175. The molecule has 0 aliphatic heterocycles. The molecule has 0 unspecified atom stereocenters. The number of amides is 1. The van der Waals surface area contributed by atoms with Gasteiger partial charge in [0.15, 0.2) is 0 Å². The highest BCUT2D eigenvalue weighted by Gasteiger charge is 2.17. The average molecular weight is 476 g/mol. The number of rotatable bonds is 9. The van der Waals surface area contributed by atoms with E-state index in [1.54, 1.807) is 0 Å². The zero-order valence-corrected chi connectivity index (χ0v) is 21.3. The topological polar surface area (TPSA) is 57.8 Å². The van der Waals surface area contributed by atoms with Crippen LogP contribution in [0.5, 0.6) is 0 Å². The van der Waals surface area contributed by atoms with Crippen molar-refractivity contribution in [2.24, 2.45) is 0 Å². The molecule has 4 aromatic rings. The van der Waals surface area contributed by atoms with Crippen LogP contribution in [0.15, 0.2) is 84.9 Å². The van der Waals surface area contributed by atoms with Crippen LogP contribution in [-0.2, 0) is 17.6 Å². The molecule has 4 heteroatoms. The molecule has 0 fully saturated rings. The minimum Gasteiger partial charge on any atom is -0.349 e. The fourth-order valence-corrected chi connectivity index (χ4v) is 4.76. The lowest BCUT2D eigenvalue weighted by Gasteiger charge is -2.18. The second-order valence-corrected chi connectivity index (χ2v) is 9.30. The summed E-state index contributed by atoms with van der Waals surface area (Å²) in [5, 5.41) is 12.3. The first-order chi connectivity index (χ1) is 17.5. The summed E-state index contributed by atoms with van der Waals surface area (Å²) in [7, 11) is 0. The molecule has 4 rings (SSSR count). The summed E-state index contributed by atoms with van der Waals surface area (Å²) in [5.74, 6) is 0.0517. The molecular weight excluding hydrogens is 442 g/mol. The van der Waals surface area contributed by atoms with Crippen molar-refractivity contribution in [1.82, 2.24) is 9.88 Å². The quantitative estimate of drug-likeness (QED) is 0.283. The van der Waals surface area contributed by atoms with Crippen molar-refractivity contribution in [3.05, 3.63) is 113 Å². The van der Waals surface area contributed by atoms with Crippen molar-refractivity contribution in [3.8, 4) is 23.0 Å². The van der Waals surface area contributed by atoms with Gasteiger partial charge in [0, 0.05) is 23.4 Å². The Labute approximate surface area is 214 Å². The van der Waals surface area contributed by atoms with Gasteiger partial charge >= 0.3 is 0 Å². The third-order valence-corrected chi connectivity index (χ3v) is 6.65. The Balaban J connectivity index is 1.61. The summed E-state index contributed by atoms with van der Waals surface area (Å²) < 4.78 is 2.25. The number of nitrogens with zero attached hydrogens (tertiary/aromatic N) is 2. The maximum Gasteiger partial charge on any atom is 0.220 e. The van der Waals surface area contributed by atoms with E-state index in [2.05, 4.69) is 91.3 Å². The number of hydrogen-bond donors (Lipinski definition) is 1. The van der Waals surface area contributed by atoms with E-state index in [9.17, 15) is 4.79 Å². The highest BCUT2D eigenvalue weighted by atomic mass is 16.1. The van der Waals surface area contributed by atoms with Crippen LogP contribution in [0.4, 0.5) is 0 Å². The molecule has 1 heterocycles. The molecule has 0 saturated heterocycles. The largest absolute Gasteiger partial charge is 0.349 e. The monoisotopic (exact) mass is 475 g/mol. The van der Waals surface area contributed by atoms with Crippen molar-refractivity contribution in [2.45, 2.75) is 52.5 Å². The van der Waals surface area contributed by atoms with Gasteiger partial charge in [-0.05, 0) is 67.6 Å². The average Bonchev–Trinajstić information content (AvgIpc) is 3.31. The molecule has 0 radical (unpaired) electrons. The fourth-order valence-electron chi connectivity index (χ4n) is 4.76. The number of nitrogens with one attached hydrogen (secondary N) is 1. The number of benzene rings is 3. The first-order valence-electron chi connectivity index (χ1n) is 12.6. The van der Waals surface area contributed by atoms with Gasteiger partial charge in [-0.15, -0.1) is 0 Å². The molecule has 1 atom stereocenters. The summed E-state index contributed by atoms with van der Waals surface area (Å²) in [4.78, 5) is 12.9. The van der Waals surface area contributed by atoms with Gasteiger partial charge in [-0.2, -0.15) is 5.26 Å². The van der Waals surface area contributed by atoms with Gasteiger partial charge in [0.05, 0.1) is 24.2 Å². The van der Waals surface area contributed by atoms with E-state index in [0.29, 0.717) is 19.3 Å². The maximum atomic E-state index is 12.9. The smallest absolute Gasteiger partial charge is 0.220 e. The Morgan fingerprint density at radius 1 is 0.972 bits per heavy atom. The van der Waals surface area contributed by atoms with Crippen LogP contribution in [0.3, 0.4) is 0 Å². The van der Waals surface area contributed by atoms with Crippen LogP contribution in [0.2, 0.25) is 0 Å². The van der Waals surface area contributed by atoms with Crippen LogP contribution in [0.1, 0.15) is 53.8 Å². The van der Waals surface area contributed by atoms with Gasteiger partial charge in [-0.1, -0.05) is 73.2 Å². The molecule has 0 aliphatic rings. The SMILES string of the molecule is CC[C@H](NC(=O)CCc1ccc(-c2ccc(C)cc2C)n1-c1ccc(CC#N)cc1)c1ccccc1. The molecule has 36 heavy (non-hydrogen) atoms. The third-order valence-electron chi connectivity index (χ3n) is 6.65. The Bertz CT molecular complexity index is 1360. The van der Waals surface area contributed by atoms with E-state index < -0.39 is 0 Å². The first-order valence-corrected chi connectivity index (χ1v) is 12.6. The molecule has 0 spiro atoms. The third kappa shape index (κ3) is 5.75. The molecule has 0 aliphatic carbocycles. The van der Waals surface area contributed by atoms with Gasteiger partial charge in [0.1, 0.15) is 0 Å². The van der Waals surface area contributed by atoms with Crippen LogP contribution in [-0.4, -0.2) is 10.5 Å². The summed E-state index contributed by atoms with van der Waals surface area (Å²) >= 11 is 0. The Kier molecular flexibility index (Phi) is 8.02. The molecule has 3 aromatic carbocycles. The van der Waals surface area contributed by atoms with Crippen molar-refractivity contribution >= 4 is 5.91 Å². The summed E-state index contributed by atoms with van der Waals surface area (Å²) in [6.45, 7) is 6.33. The Morgan fingerprint density at radius 3 is 2.39 bits per heavy atom. The van der Waals surface area contributed by atoms with Crippen molar-refractivity contribution in [1.29, 1.82) is 5.26 Å². The summed E-state index contributed by atoms with van der Waals surface area (Å²) in [6.07, 6.45) is 2.27.